The topological polar surface area (TPSA) is 43.3 Å². The highest BCUT2D eigenvalue weighted by Crippen LogP contribution is 2.44. The Kier molecular flexibility index (Phi) is 6.05. The van der Waals surface area contributed by atoms with E-state index in [0.29, 0.717) is 13.2 Å². The molecule has 1 aliphatic rings. The molecule has 1 aliphatic carbocycles. The van der Waals surface area contributed by atoms with Crippen molar-refractivity contribution in [3.05, 3.63) is 119 Å². The summed E-state index contributed by atoms with van der Waals surface area (Å²) in [6, 6.07) is 29.2. The lowest BCUT2D eigenvalue weighted by Crippen LogP contribution is -2.26. The lowest BCUT2D eigenvalue weighted by molar-refractivity contribution is 0.144. The predicted octanol–water partition coefficient (Wildman–Crippen LogP) is 6.65. The molecular weight excluding hydrogens is 420 g/mol. The fourth-order valence-electron chi connectivity index (χ4n) is 4.91. The summed E-state index contributed by atoms with van der Waals surface area (Å²) in [6.07, 6.45) is 3.60. The fraction of sp³-hybridized carbons (Fsp3) is 0.167. The molecule has 5 rings (SSSR count). The smallest absolute Gasteiger partial charge is 0.407 e. The number of ether oxygens (including phenoxy) is 1. The number of aromatic nitrogens is 1. The van der Waals surface area contributed by atoms with Crippen LogP contribution in [0.4, 0.5) is 4.79 Å². The normalized spacial score (nSPS) is 12.5. The Morgan fingerprint density at radius 2 is 1.53 bits per heavy atom. The molecule has 4 aromatic rings. The molecule has 170 valence electrons. The van der Waals surface area contributed by atoms with Gasteiger partial charge in [0, 0.05) is 29.5 Å². The molecule has 1 N–H and O–H groups in total. The first-order chi connectivity index (χ1) is 16.6. The van der Waals surface area contributed by atoms with Gasteiger partial charge in [0.15, 0.2) is 0 Å². The number of nitrogens with one attached hydrogen (secondary N) is 1. The molecule has 0 aliphatic heterocycles. The zero-order chi connectivity index (χ0) is 23.5. The van der Waals surface area contributed by atoms with E-state index < -0.39 is 6.09 Å². The van der Waals surface area contributed by atoms with E-state index in [-0.39, 0.29) is 5.92 Å². The lowest BCUT2D eigenvalue weighted by atomic mass is 9.98. The quantitative estimate of drug-likeness (QED) is 0.359. The third-order valence-electron chi connectivity index (χ3n) is 6.49. The van der Waals surface area contributed by atoms with Crippen molar-refractivity contribution in [2.45, 2.75) is 19.8 Å². The van der Waals surface area contributed by atoms with Gasteiger partial charge in [0.05, 0.1) is 0 Å². The molecule has 0 saturated heterocycles. The Morgan fingerprint density at radius 1 is 0.912 bits per heavy atom. The number of rotatable bonds is 6. The number of fused-ring (bicyclic) bond motifs is 3. The zero-order valence-electron chi connectivity index (χ0n) is 19.5. The molecule has 1 aromatic heterocycles. The lowest BCUT2D eigenvalue weighted by Gasteiger charge is -2.14. The third kappa shape index (κ3) is 4.15. The SMILES string of the molecule is Cc1cc(C=CCNC(=O)OCC2c3ccccc3-c3ccccc32)c(C)n1-c1ccccc1. The van der Waals surface area contributed by atoms with E-state index >= 15 is 0 Å². The molecule has 4 heteroatoms. The van der Waals surface area contributed by atoms with Gasteiger partial charge in [-0.25, -0.2) is 4.79 Å². The van der Waals surface area contributed by atoms with Gasteiger partial charge in [-0.2, -0.15) is 0 Å². The minimum atomic E-state index is -0.402. The van der Waals surface area contributed by atoms with Crippen molar-refractivity contribution in [1.29, 1.82) is 0 Å². The maximum absolute atomic E-state index is 12.4. The van der Waals surface area contributed by atoms with Gasteiger partial charge in [0.25, 0.3) is 0 Å². The number of aryl methyl sites for hydroxylation is 1. The Balaban J connectivity index is 1.18. The van der Waals surface area contributed by atoms with Crippen LogP contribution >= 0.6 is 0 Å². The minimum Gasteiger partial charge on any atom is -0.449 e. The molecule has 0 atom stereocenters. The van der Waals surface area contributed by atoms with Crippen molar-refractivity contribution in [2.24, 2.45) is 0 Å². The fourth-order valence-corrected chi connectivity index (χ4v) is 4.91. The van der Waals surface area contributed by atoms with E-state index in [4.69, 9.17) is 4.74 Å². The maximum Gasteiger partial charge on any atom is 0.407 e. The number of hydrogen-bond acceptors (Lipinski definition) is 2. The number of benzene rings is 3. The second-order valence-corrected chi connectivity index (χ2v) is 8.61. The minimum absolute atomic E-state index is 0.0667. The van der Waals surface area contributed by atoms with Crippen LogP contribution in [0.2, 0.25) is 0 Å². The highest BCUT2D eigenvalue weighted by Gasteiger charge is 2.28. The van der Waals surface area contributed by atoms with E-state index in [0.717, 1.165) is 11.3 Å². The van der Waals surface area contributed by atoms with Crippen LogP contribution in [0.1, 0.15) is 34.0 Å². The average molecular weight is 449 g/mol. The van der Waals surface area contributed by atoms with Crippen molar-refractivity contribution in [3.8, 4) is 16.8 Å². The van der Waals surface area contributed by atoms with Crippen molar-refractivity contribution in [2.75, 3.05) is 13.2 Å². The van der Waals surface area contributed by atoms with Crippen molar-refractivity contribution in [1.82, 2.24) is 9.88 Å². The molecule has 1 amide bonds. The van der Waals surface area contributed by atoms with Gasteiger partial charge in [-0.1, -0.05) is 78.9 Å². The van der Waals surface area contributed by atoms with E-state index in [2.05, 4.69) is 78.3 Å². The second-order valence-electron chi connectivity index (χ2n) is 8.61. The summed E-state index contributed by atoms with van der Waals surface area (Å²) in [7, 11) is 0. The molecule has 0 saturated carbocycles. The van der Waals surface area contributed by atoms with Gasteiger partial charge in [-0.3, -0.25) is 0 Å². The summed E-state index contributed by atoms with van der Waals surface area (Å²) in [5.74, 6) is 0.0667. The van der Waals surface area contributed by atoms with E-state index in [1.54, 1.807) is 0 Å². The number of para-hydroxylation sites is 1. The molecule has 3 aromatic carbocycles. The van der Waals surface area contributed by atoms with Crippen LogP contribution in [-0.2, 0) is 4.74 Å². The van der Waals surface area contributed by atoms with Crippen molar-refractivity contribution < 1.29 is 9.53 Å². The molecule has 0 unspecified atom stereocenters. The molecule has 1 heterocycles. The Hall–Kier alpha value is -4.05. The highest BCUT2D eigenvalue weighted by molar-refractivity contribution is 5.79. The van der Waals surface area contributed by atoms with Crippen LogP contribution in [-0.4, -0.2) is 23.8 Å². The van der Waals surface area contributed by atoms with Crippen LogP contribution in [0.25, 0.3) is 22.9 Å². The first-order valence-electron chi connectivity index (χ1n) is 11.6. The Bertz CT molecular complexity index is 1310. The largest absolute Gasteiger partial charge is 0.449 e. The highest BCUT2D eigenvalue weighted by atomic mass is 16.5. The predicted molar refractivity (Wildman–Crippen MR) is 137 cm³/mol. The summed E-state index contributed by atoms with van der Waals surface area (Å²) >= 11 is 0. The van der Waals surface area contributed by atoms with E-state index in [9.17, 15) is 4.79 Å². The average Bonchev–Trinajstić information content (AvgIpc) is 3.34. The Morgan fingerprint density at radius 3 is 2.21 bits per heavy atom. The molecule has 0 bridgehead atoms. The number of carbonyl (C=O) groups is 1. The molecule has 4 nitrogen and oxygen atoms in total. The number of hydrogen-bond donors (Lipinski definition) is 1. The molecule has 0 spiro atoms. The first-order valence-corrected chi connectivity index (χ1v) is 11.6. The van der Waals surface area contributed by atoms with Gasteiger partial charge in [-0.15, -0.1) is 0 Å². The third-order valence-corrected chi connectivity index (χ3v) is 6.49. The van der Waals surface area contributed by atoms with Crippen LogP contribution in [0.5, 0.6) is 0 Å². The second kappa shape index (κ2) is 9.44. The molecule has 0 radical (unpaired) electrons. The number of nitrogens with zero attached hydrogens (tertiary/aromatic N) is 1. The van der Waals surface area contributed by atoms with Gasteiger partial charge >= 0.3 is 6.09 Å². The summed E-state index contributed by atoms with van der Waals surface area (Å²) in [5, 5.41) is 2.84. The van der Waals surface area contributed by atoms with Gasteiger partial charge in [-0.05, 0) is 59.9 Å². The number of alkyl carbamates (subject to hydrolysis) is 1. The van der Waals surface area contributed by atoms with Gasteiger partial charge < -0.3 is 14.6 Å². The maximum atomic E-state index is 12.4. The van der Waals surface area contributed by atoms with Crippen molar-refractivity contribution in [3.63, 3.8) is 0 Å². The van der Waals surface area contributed by atoms with Crippen LogP contribution in [0.15, 0.2) is 91.0 Å². The molecule has 34 heavy (non-hydrogen) atoms. The van der Waals surface area contributed by atoms with Crippen LogP contribution < -0.4 is 5.32 Å². The molecular formula is C30H28N2O2. The number of amides is 1. The molecule has 0 fully saturated rings. The number of carbonyl (C=O) groups excluding carboxylic acids is 1. The van der Waals surface area contributed by atoms with Gasteiger partial charge in [0.1, 0.15) is 6.61 Å². The first kappa shape index (κ1) is 21.8. The monoisotopic (exact) mass is 448 g/mol. The summed E-state index contributed by atoms with van der Waals surface area (Å²) < 4.78 is 7.84. The van der Waals surface area contributed by atoms with Crippen molar-refractivity contribution >= 4 is 12.2 Å². The van der Waals surface area contributed by atoms with Crippen LogP contribution in [0, 0.1) is 13.8 Å². The Labute approximate surface area is 200 Å². The summed E-state index contributed by atoms with van der Waals surface area (Å²) in [5.41, 5.74) is 9.50. The standard InChI is InChI=1S/C30H28N2O2/c1-21-19-23(22(2)32(21)24-12-4-3-5-13-24)11-10-18-31-30(33)34-20-29-27-16-8-6-14-25(27)26-15-7-9-17-28(26)29/h3-17,19,29H,18,20H2,1-2H3,(H,31,33). The van der Waals surface area contributed by atoms with E-state index in [1.165, 1.54) is 33.6 Å². The summed E-state index contributed by atoms with van der Waals surface area (Å²) in [6.45, 7) is 4.94. The van der Waals surface area contributed by atoms with Gasteiger partial charge in [0.2, 0.25) is 0 Å². The zero-order valence-corrected chi connectivity index (χ0v) is 19.5. The van der Waals surface area contributed by atoms with Crippen LogP contribution in [0.3, 0.4) is 0 Å². The summed E-state index contributed by atoms with van der Waals surface area (Å²) in [4.78, 5) is 12.4. The van der Waals surface area contributed by atoms with E-state index in [1.807, 2.05) is 42.5 Å².